The first-order valence-electron chi connectivity index (χ1n) is 9.32. The fraction of sp³-hybridized carbons (Fsp3) is 0.600. The van der Waals surface area contributed by atoms with Gasteiger partial charge in [-0.3, -0.25) is 9.79 Å². The molecule has 0 saturated heterocycles. The Bertz CT molecular complexity index is 622. The van der Waals surface area contributed by atoms with Crippen molar-refractivity contribution in [2.75, 3.05) is 40.8 Å². The van der Waals surface area contributed by atoms with Crippen molar-refractivity contribution in [3.63, 3.8) is 0 Å². The van der Waals surface area contributed by atoms with Crippen LogP contribution in [0.5, 0.6) is 5.75 Å². The highest BCUT2D eigenvalue weighted by atomic mass is 16.5. The van der Waals surface area contributed by atoms with Gasteiger partial charge in [0.05, 0.1) is 12.0 Å². The lowest BCUT2D eigenvalue weighted by molar-refractivity contribution is -0.138. The number of aliphatic imine (C=N–C) groups is 1. The van der Waals surface area contributed by atoms with Gasteiger partial charge < -0.3 is 20.3 Å². The smallest absolute Gasteiger partial charge is 0.230 e. The largest absolute Gasteiger partial charge is 0.492 e. The second kappa shape index (κ2) is 9.46. The number of hydrogen-bond acceptors (Lipinski definition) is 3. The van der Waals surface area contributed by atoms with Gasteiger partial charge in [0.2, 0.25) is 5.91 Å². The van der Waals surface area contributed by atoms with E-state index < -0.39 is 0 Å². The molecule has 1 saturated carbocycles. The van der Waals surface area contributed by atoms with Gasteiger partial charge in [0.25, 0.3) is 0 Å². The van der Waals surface area contributed by atoms with Crippen LogP contribution in [0, 0.1) is 12.3 Å². The standard InChI is InChI=1S/C20H32N4O2/c1-16-8-7-9-17(14-16)26-13-12-22-19(21-2)23-15-20(10-5-6-11-20)18(25)24(3)4/h7-9,14H,5-6,10-13,15H2,1-4H3,(H2,21,22,23). The number of aryl methyl sites for hydroxylation is 1. The minimum Gasteiger partial charge on any atom is -0.492 e. The lowest BCUT2D eigenvalue weighted by atomic mass is 9.84. The second-order valence-electron chi connectivity index (χ2n) is 7.20. The van der Waals surface area contributed by atoms with Gasteiger partial charge in [-0.05, 0) is 37.5 Å². The average Bonchev–Trinajstić information content (AvgIpc) is 3.10. The normalized spacial score (nSPS) is 16.2. The van der Waals surface area contributed by atoms with E-state index in [0.29, 0.717) is 25.7 Å². The fourth-order valence-corrected chi connectivity index (χ4v) is 3.51. The van der Waals surface area contributed by atoms with Crippen LogP contribution in [0.1, 0.15) is 31.2 Å². The van der Waals surface area contributed by atoms with E-state index in [0.717, 1.165) is 31.4 Å². The summed E-state index contributed by atoms with van der Waals surface area (Å²) in [7, 11) is 5.40. The van der Waals surface area contributed by atoms with Crippen LogP contribution in [0.4, 0.5) is 0 Å². The summed E-state index contributed by atoms with van der Waals surface area (Å²) in [5, 5.41) is 6.58. The molecule has 144 valence electrons. The van der Waals surface area contributed by atoms with Gasteiger partial charge in [-0.25, -0.2) is 0 Å². The number of nitrogens with zero attached hydrogens (tertiary/aromatic N) is 2. The van der Waals surface area contributed by atoms with Gasteiger partial charge in [-0.2, -0.15) is 0 Å². The zero-order valence-corrected chi connectivity index (χ0v) is 16.5. The number of guanidine groups is 1. The zero-order valence-electron chi connectivity index (χ0n) is 16.5. The highest BCUT2D eigenvalue weighted by Gasteiger charge is 2.42. The van der Waals surface area contributed by atoms with E-state index in [1.165, 1.54) is 5.56 Å². The monoisotopic (exact) mass is 360 g/mol. The molecule has 0 unspecified atom stereocenters. The first kappa shape index (κ1) is 20.1. The molecule has 0 atom stereocenters. The second-order valence-corrected chi connectivity index (χ2v) is 7.20. The van der Waals surface area contributed by atoms with Crippen molar-refractivity contribution in [3.05, 3.63) is 29.8 Å². The third kappa shape index (κ3) is 5.38. The highest BCUT2D eigenvalue weighted by Crippen LogP contribution is 2.38. The molecule has 1 amide bonds. The molecule has 0 spiro atoms. The number of rotatable bonds is 7. The molecular formula is C20H32N4O2. The van der Waals surface area contributed by atoms with Crippen molar-refractivity contribution < 1.29 is 9.53 Å². The van der Waals surface area contributed by atoms with E-state index in [4.69, 9.17) is 4.74 Å². The van der Waals surface area contributed by atoms with Crippen LogP contribution in [0.3, 0.4) is 0 Å². The topological polar surface area (TPSA) is 66.0 Å². The lowest BCUT2D eigenvalue weighted by Crippen LogP contribution is -2.49. The van der Waals surface area contributed by atoms with Gasteiger partial charge in [0, 0.05) is 27.7 Å². The van der Waals surface area contributed by atoms with Crippen LogP contribution in [0.25, 0.3) is 0 Å². The molecule has 0 bridgehead atoms. The summed E-state index contributed by atoms with van der Waals surface area (Å²) in [5.74, 6) is 1.78. The van der Waals surface area contributed by atoms with Crippen LogP contribution >= 0.6 is 0 Å². The van der Waals surface area contributed by atoms with E-state index in [2.05, 4.69) is 15.6 Å². The summed E-state index contributed by atoms with van der Waals surface area (Å²) in [6.45, 7) is 3.85. The third-order valence-electron chi connectivity index (χ3n) is 4.89. The molecule has 0 heterocycles. The van der Waals surface area contributed by atoms with Crippen LogP contribution < -0.4 is 15.4 Å². The number of amides is 1. The lowest BCUT2D eigenvalue weighted by Gasteiger charge is -2.31. The number of benzene rings is 1. The summed E-state index contributed by atoms with van der Waals surface area (Å²) in [6.07, 6.45) is 4.09. The van der Waals surface area contributed by atoms with Crippen molar-refractivity contribution >= 4 is 11.9 Å². The Labute approximate surface area is 157 Å². The number of carbonyl (C=O) groups excluding carboxylic acids is 1. The fourth-order valence-electron chi connectivity index (χ4n) is 3.51. The Morgan fingerprint density at radius 2 is 2.00 bits per heavy atom. The molecule has 0 radical (unpaired) electrons. The Morgan fingerprint density at radius 3 is 2.62 bits per heavy atom. The summed E-state index contributed by atoms with van der Waals surface area (Å²) < 4.78 is 5.74. The molecule has 6 nitrogen and oxygen atoms in total. The molecule has 1 fully saturated rings. The Balaban J connectivity index is 1.79. The average molecular weight is 361 g/mol. The summed E-state index contributed by atoms with van der Waals surface area (Å²) in [4.78, 5) is 18.6. The number of carbonyl (C=O) groups is 1. The summed E-state index contributed by atoms with van der Waals surface area (Å²) in [6, 6.07) is 8.01. The van der Waals surface area contributed by atoms with E-state index in [1.54, 1.807) is 11.9 Å². The van der Waals surface area contributed by atoms with Crippen LogP contribution in [0.2, 0.25) is 0 Å². The first-order chi connectivity index (χ1) is 12.5. The maximum Gasteiger partial charge on any atom is 0.230 e. The minimum atomic E-state index is -0.306. The number of hydrogen-bond donors (Lipinski definition) is 2. The predicted molar refractivity (Wildman–Crippen MR) is 106 cm³/mol. The number of nitrogens with one attached hydrogen (secondary N) is 2. The van der Waals surface area contributed by atoms with E-state index in [-0.39, 0.29) is 11.3 Å². The van der Waals surface area contributed by atoms with Crippen LogP contribution in [-0.4, -0.2) is 57.6 Å². The number of ether oxygens (including phenoxy) is 1. The molecular weight excluding hydrogens is 328 g/mol. The minimum absolute atomic E-state index is 0.209. The third-order valence-corrected chi connectivity index (χ3v) is 4.89. The molecule has 6 heteroatoms. The molecule has 1 aliphatic carbocycles. The van der Waals surface area contributed by atoms with E-state index in [9.17, 15) is 4.79 Å². The maximum atomic E-state index is 12.6. The molecule has 26 heavy (non-hydrogen) atoms. The molecule has 2 N–H and O–H groups in total. The van der Waals surface area contributed by atoms with Crippen molar-refractivity contribution in [2.24, 2.45) is 10.4 Å². The SMILES string of the molecule is CN=C(NCCOc1cccc(C)c1)NCC1(C(=O)N(C)C)CCCC1. The Morgan fingerprint density at radius 1 is 1.27 bits per heavy atom. The summed E-state index contributed by atoms with van der Waals surface area (Å²) in [5.41, 5.74) is 0.875. The maximum absolute atomic E-state index is 12.6. The van der Waals surface area contributed by atoms with Crippen molar-refractivity contribution in [1.82, 2.24) is 15.5 Å². The highest BCUT2D eigenvalue weighted by molar-refractivity contribution is 5.85. The predicted octanol–water partition coefficient (Wildman–Crippen LogP) is 2.19. The van der Waals surface area contributed by atoms with Gasteiger partial charge in [-0.1, -0.05) is 25.0 Å². The molecule has 1 aromatic carbocycles. The van der Waals surface area contributed by atoms with E-state index >= 15 is 0 Å². The van der Waals surface area contributed by atoms with Gasteiger partial charge in [0.1, 0.15) is 12.4 Å². The molecule has 2 rings (SSSR count). The van der Waals surface area contributed by atoms with Crippen molar-refractivity contribution in [1.29, 1.82) is 0 Å². The van der Waals surface area contributed by atoms with Gasteiger partial charge in [0.15, 0.2) is 5.96 Å². The molecule has 1 aromatic rings. The summed E-state index contributed by atoms with van der Waals surface area (Å²) >= 11 is 0. The molecule has 0 aromatic heterocycles. The zero-order chi connectivity index (χ0) is 19.0. The first-order valence-corrected chi connectivity index (χ1v) is 9.32. The molecule has 0 aliphatic heterocycles. The van der Waals surface area contributed by atoms with E-state index in [1.807, 2.05) is 45.3 Å². The Kier molecular flexibility index (Phi) is 7.30. The molecule has 1 aliphatic rings. The quantitative estimate of drug-likeness (QED) is 0.444. The Hall–Kier alpha value is -2.24. The van der Waals surface area contributed by atoms with Gasteiger partial charge >= 0.3 is 0 Å². The van der Waals surface area contributed by atoms with Gasteiger partial charge in [-0.15, -0.1) is 0 Å². The van der Waals surface area contributed by atoms with Crippen LogP contribution in [0.15, 0.2) is 29.3 Å². The van der Waals surface area contributed by atoms with Crippen molar-refractivity contribution in [2.45, 2.75) is 32.6 Å². The van der Waals surface area contributed by atoms with Crippen molar-refractivity contribution in [3.8, 4) is 5.75 Å². The van der Waals surface area contributed by atoms with Crippen LogP contribution in [-0.2, 0) is 4.79 Å².